The first-order chi connectivity index (χ1) is 10.3. The van der Waals surface area contributed by atoms with Crippen molar-refractivity contribution >= 4 is 12.1 Å². The number of amides is 1. The van der Waals surface area contributed by atoms with Gasteiger partial charge >= 0.3 is 12.1 Å². The molecule has 0 saturated heterocycles. The summed E-state index contributed by atoms with van der Waals surface area (Å²) in [7, 11) is 0. The molecular formula is C17H25NO4. The molecule has 5 heteroatoms. The lowest BCUT2D eigenvalue weighted by Gasteiger charge is -2.31. The van der Waals surface area contributed by atoms with E-state index in [2.05, 4.69) is 12.2 Å². The molecule has 0 fully saturated rings. The van der Waals surface area contributed by atoms with Gasteiger partial charge < -0.3 is 14.7 Å². The molecule has 1 amide bonds. The van der Waals surface area contributed by atoms with Gasteiger partial charge in [0.05, 0.1) is 5.92 Å². The third-order valence-electron chi connectivity index (χ3n) is 4.03. The van der Waals surface area contributed by atoms with Crippen molar-refractivity contribution in [2.45, 2.75) is 52.1 Å². The summed E-state index contributed by atoms with van der Waals surface area (Å²) in [4.78, 5) is 24.7. The lowest BCUT2D eigenvalue weighted by atomic mass is 9.85. The summed E-state index contributed by atoms with van der Waals surface area (Å²) in [5.74, 6) is -0.949. The van der Waals surface area contributed by atoms with Crippen molar-refractivity contribution in [3.8, 4) is 0 Å². The highest BCUT2D eigenvalue weighted by molar-refractivity contribution is 5.71. The average Bonchev–Trinajstić information content (AvgIpc) is 2.46. The number of nitrogens with zero attached hydrogens (tertiary/aromatic N) is 1. The zero-order valence-electron chi connectivity index (χ0n) is 13.6. The Morgan fingerprint density at radius 1 is 1.23 bits per heavy atom. The minimum absolute atomic E-state index is 0.244. The van der Waals surface area contributed by atoms with Crippen molar-refractivity contribution in [2.75, 3.05) is 13.1 Å². The lowest BCUT2D eigenvalue weighted by molar-refractivity contribution is -0.141. The summed E-state index contributed by atoms with van der Waals surface area (Å²) in [5, 5.41) is 9.02. The zero-order chi connectivity index (χ0) is 16.3. The molecule has 1 aliphatic heterocycles. The summed E-state index contributed by atoms with van der Waals surface area (Å²) < 4.78 is 5.38. The Balaban J connectivity index is 1.92. The molecule has 22 heavy (non-hydrogen) atoms. The van der Waals surface area contributed by atoms with E-state index >= 15 is 0 Å². The van der Waals surface area contributed by atoms with Crippen molar-refractivity contribution in [1.82, 2.24) is 4.90 Å². The van der Waals surface area contributed by atoms with Crippen LogP contribution in [0.5, 0.6) is 0 Å². The van der Waals surface area contributed by atoms with Crippen LogP contribution in [0.3, 0.4) is 0 Å². The number of ether oxygens (including phenoxy) is 1. The highest BCUT2D eigenvalue weighted by atomic mass is 16.6. The van der Waals surface area contributed by atoms with Crippen LogP contribution in [0.15, 0.2) is 23.3 Å². The summed E-state index contributed by atoms with van der Waals surface area (Å²) in [6.45, 7) is 6.80. The molecule has 1 aliphatic carbocycles. The monoisotopic (exact) mass is 307 g/mol. The molecule has 0 radical (unpaired) electrons. The van der Waals surface area contributed by atoms with Crippen molar-refractivity contribution in [3.05, 3.63) is 23.3 Å². The second-order valence-corrected chi connectivity index (χ2v) is 6.94. The van der Waals surface area contributed by atoms with Crippen LogP contribution in [0.25, 0.3) is 0 Å². The van der Waals surface area contributed by atoms with Gasteiger partial charge in [-0.25, -0.2) is 4.79 Å². The zero-order valence-corrected chi connectivity index (χ0v) is 13.6. The first-order valence-corrected chi connectivity index (χ1v) is 7.85. The molecule has 1 N–H and O–H groups in total. The van der Waals surface area contributed by atoms with E-state index in [1.165, 1.54) is 11.1 Å². The molecular weight excluding hydrogens is 282 g/mol. The SMILES string of the molecule is CC(C)(C)OC(=O)N1CC=C(C2=CCC(C(=O)O)CC2)CC1. The molecule has 0 aromatic carbocycles. The molecule has 0 bridgehead atoms. The smallest absolute Gasteiger partial charge is 0.410 e. The Bertz CT molecular complexity index is 513. The van der Waals surface area contributed by atoms with Gasteiger partial charge in [-0.2, -0.15) is 0 Å². The number of rotatable bonds is 2. The van der Waals surface area contributed by atoms with Crippen LogP contribution >= 0.6 is 0 Å². The van der Waals surface area contributed by atoms with Crippen molar-refractivity contribution in [1.29, 1.82) is 0 Å². The number of hydrogen-bond acceptors (Lipinski definition) is 3. The Morgan fingerprint density at radius 3 is 2.36 bits per heavy atom. The van der Waals surface area contributed by atoms with Gasteiger partial charge in [-0.05, 0) is 57.6 Å². The minimum atomic E-state index is -0.705. The van der Waals surface area contributed by atoms with E-state index in [0.717, 1.165) is 12.8 Å². The van der Waals surface area contributed by atoms with Crippen LogP contribution in [-0.2, 0) is 9.53 Å². The van der Waals surface area contributed by atoms with Gasteiger partial charge in [0, 0.05) is 13.1 Å². The van der Waals surface area contributed by atoms with E-state index in [-0.39, 0.29) is 12.0 Å². The second-order valence-electron chi connectivity index (χ2n) is 6.94. The Morgan fingerprint density at radius 2 is 1.91 bits per heavy atom. The fourth-order valence-corrected chi connectivity index (χ4v) is 2.80. The number of carboxylic acids is 1. The van der Waals surface area contributed by atoms with E-state index in [0.29, 0.717) is 25.9 Å². The molecule has 1 atom stereocenters. The normalized spacial score (nSPS) is 22.7. The van der Waals surface area contributed by atoms with Gasteiger partial charge in [-0.3, -0.25) is 4.79 Å². The molecule has 1 heterocycles. The second kappa shape index (κ2) is 6.55. The van der Waals surface area contributed by atoms with Crippen LogP contribution in [0.2, 0.25) is 0 Å². The summed E-state index contributed by atoms with van der Waals surface area (Å²) in [6.07, 6.45) is 6.79. The van der Waals surface area contributed by atoms with E-state index < -0.39 is 11.6 Å². The molecule has 5 nitrogen and oxygen atoms in total. The maximum atomic E-state index is 12.0. The predicted molar refractivity (Wildman–Crippen MR) is 83.6 cm³/mol. The predicted octanol–water partition coefficient (Wildman–Crippen LogP) is 3.36. The maximum Gasteiger partial charge on any atom is 0.410 e. The first kappa shape index (κ1) is 16.6. The number of hydrogen-bond donors (Lipinski definition) is 1. The van der Waals surface area contributed by atoms with Gasteiger partial charge in [0.15, 0.2) is 0 Å². The molecule has 0 aromatic heterocycles. The minimum Gasteiger partial charge on any atom is -0.481 e. The third-order valence-corrected chi connectivity index (χ3v) is 4.03. The lowest BCUT2D eigenvalue weighted by Crippen LogP contribution is -2.39. The van der Waals surface area contributed by atoms with Gasteiger partial charge in [0.1, 0.15) is 5.60 Å². The molecule has 122 valence electrons. The first-order valence-electron chi connectivity index (χ1n) is 7.85. The van der Waals surface area contributed by atoms with Gasteiger partial charge in [0.2, 0.25) is 0 Å². The third kappa shape index (κ3) is 4.36. The Labute approximate surface area is 131 Å². The highest BCUT2D eigenvalue weighted by Gasteiger charge is 2.26. The van der Waals surface area contributed by atoms with Crippen LogP contribution in [0.1, 0.15) is 46.5 Å². The number of carbonyl (C=O) groups is 2. The Hall–Kier alpha value is -1.78. The van der Waals surface area contributed by atoms with Crippen molar-refractivity contribution < 1.29 is 19.4 Å². The summed E-state index contributed by atoms with van der Waals surface area (Å²) in [6, 6.07) is 0. The maximum absolute atomic E-state index is 12.0. The molecule has 0 aromatic rings. The summed E-state index contributed by atoms with van der Waals surface area (Å²) >= 11 is 0. The van der Waals surface area contributed by atoms with E-state index in [4.69, 9.17) is 9.84 Å². The van der Waals surface area contributed by atoms with Crippen LogP contribution in [0, 0.1) is 5.92 Å². The fourth-order valence-electron chi connectivity index (χ4n) is 2.80. The van der Waals surface area contributed by atoms with E-state index in [1.807, 2.05) is 20.8 Å². The number of carbonyl (C=O) groups excluding carboxylic acids is 1. The van der Waals surface area contributed by atoms with Gasteiger partial charge in [-0.1, -0.05) is 12.2 Å². The molecule has 2 rings (SSSR count). The fraction of sp³-hybridized carbons (Fsp3) is 0.647. The number of carboxylic acid groups (broad SMARTS) is 1. The molecule has 1 unspecified atom stereocenters. The largest absolute Gasteiger partial charge is 0.481 e. The highest BCUT2D eigenvalue weighted by Crippen LogP contribution is 2.31. The topological polar surface area (TPSA) is 66.8 Å². The molecule has 0 saturated carbocycles. The molecule has 2 aliphatic rings. The van der Waals surface area contributed by atoms with Crippen LogP contribution < -0.4 is 0 Å². The average molecular weight is 307 g/mol. The van der Waals surface area contributed by atoms with Crippen molar-refractivity contribution in [2.24, 2.45) is 5.92 Å². The number of allylic oxidation sites excluding steroid dienone is 2. The van der Waals surface area contributed by atoms with E-state index in [1.54, 1.807) is 4.90 Å². The standard InChI is InChI=1S/C17H25NO4/c1-17(2,3)22-16(21)18-10-8-13(9-11-18)12-4-6-14(7-5-12)15(19)20/h4,8,14H,5-7,9-11H2,1-3H3,(H,19,20). The van der Waals surface area contributed by atoms with Crippen LogP contribution in [0.4, 0.5) is 4.79 Å². The molecule has 0 spiro atoms. The van der Waals surface area contributed by atoms with Gasteiger partial charge in [-0.15, -0.1) is 0 Å². The van der Waals surface area contributed by atoms with Crippen molar-refractivity contribution in [3.63, 3.8) is 0 Å². The van der Waals surface area contributed by atoms with Crippen LogP contribution in [-0.4, -0.2) is 40.8 Å². The quantitative estimate of drug-likeness (QED) is 0.849. The Kier molecular flexibility index (Phi) is 4.94. The summed E-state index contributed by atoms with van der Waals surface area (Å²) in [5.41, 5.74) is 2.03. The van der Waals surface area contributed by atoms with E-state index in [9.17, 15) is 9.59 Å². The number of aliphatic carboxylic acids is 1. The van der Waals surface area contributed by atoms with Gasteiger partial charge in [0.25, 0.3) is 0 Å².